The van der Waals surface area contributed by atoms with Crippen LogP contribution in [0.25, 0.3) is 6.08 Å². The summed E-state index contributed by atoms with van der Waals surface area (Å²) in [6.45, 7) is 5.71. The van der Waals surface area contributed by atoms with Gasteiger partial charge in [-0.25, -0.2) is 9.79 Å². The van der Waals surface area contributed by atoms with Gasteiger partial charge in [0.05, 0.1) is 46.7 Å². The van der Waals surface area contributed by atoms with Gasteiger partial charge in [0.15, 0.2) is 4.80 Å². The maximum absolute atomic E-state index is 13.8. The van der Waals surface area contributed by atoms with Crippen LogP contribution in [0.3, 0.4) is 0 Å². The predicted octanol–water partition coefficient (Wildman–Crippen LogP) is 4.65. The van der Waals surface area contributed by atoms with E-state index in [1.165, 1.54) is 11.3 Å². The number of fused-ring (bicyclic) bond motifs is 1. The lowest BCUT2D eigenvalue weighted by Crippen LogP contribution is -2.40. The third-order valence-electron chi connectivity index (χ3n) is 6.68. The molecule has 5 rings (SSSR count). The molecule has 1 atom stereocenters. The Morgan fingerprint density at radius 3 is 2.33 bits per heavy atom. The monoisotopic (exact) mass is 579 g/mol. The number of benzene rings is 3. The largest absolute Gasteiger partial charge is 0.497 e. The molecule has 0 unspecified atom stereocenters. The Kier molecular flexibility index (Phi) is 8.36. The molecule has 0 radical (unpaired) electrons. The molecular formula is C33H29N3O5S. The fourth-order valence-electron chi connectivity index (χ4n) is 4.62. The topological polar surface area (TPSA) is 103 Å². The maximum atomic E-state index is 13.8. The minimum atomic E-state index is -0.696. The quantitative estimate of drug-likeness (QED) is 0.282. The molecule has 0 amide bonds. The SMILES string of the molecule is COc1ccc([C@H]2C(C(=O)OC(C)C)=C(C)N=c3s/c(=C\c4ccc(OCc5ccc(C#N)cc5)cc4)c(=O)n32)cc1. The van der Waals surface area contributed by atoms with Crippen molar-refractivity contribution in [2.45, 2.75) is 39.5 Å². The van der Waals surface area contributed by atoms with Gasteiger partial charge >= 0.3 is 5.97 Å². The van der Waals surface area contributed by atoms with Crippen LogP contribution in [0.5, 0.6) is 11.5 Å². The molecule has 4 aromatic rings. The molecule has 2 heterocycles. The Bertz CT molecular complexity index is 1860. The van der Waals surface area contributed by atoms with Gasteiger partial charge in [0.2, 0.25) is 0 Å². The number of hydrogen-bond acceptors (Lipinski definition) is 8. The molecule has 3 aromatic carbocycles. The molecule has 9 heteroatoms. The number of allylic oxidation sites excluding steroid dienone is 1. The molecule has 8 nitrogen and oxygen atoms in total. The first-order valence-corrected chi connectivity index (χ1v) is 14.2. The first-order chi connectivity index (χ1) is 20.3. The summed E-state index contributed by atoms with van der Waals surface area (Å²) in [6, 6.07) is 23.4. The van der Waals surface area contributed by atoms with Crippen LogP contribution in [-0.4, -0.2) is 23.8 Å². The number of aromatic nitrogens is 1. The van der Waals surface area contributed by atoms with Crippen molar-refractivity contribution in [1.82, 2.24) is 4.57 Å². The highest BCUT2D eigenvalue weighted by molar-refractivity contribution is 7.07. The zero-order valence-corrected chi connectivity index (χ0v) is 24.5. The first-order valence-electron chi connectivity index (χ1n) is 13.4. The van der Waals surface area contributed by atoms with Crippen molar-refractivity contribution in [2.75, 3.05) is 7.11 Å². The second-order valence-corrected chi connectivity index (χ2v) is 11.0. The highest BCUT2D eigenvalue weighted by Gasteiger charge is 2.33. The summed E-state index contributed by atoms with van der Waals surface area (Å²) < 4.78 is 18.8. The van der Waals surface area contributed by atoms with Crippen LogP contribution in [-0.2, 0) is 16.1 Å². The van der Waals surface area contributed by atoms with Crippen LogP contribution >= 0.6 is 11.3 Å². The number of methoxy groups -OCH3 is 1. The number of rotatable bonds is 8. The summed E-state index contributed by atoms with van der Waals surface area (Å²) in [5.41, 5.74) is 3.72. The average molecular weight is 580 g/mol. The predicted molar refractivity (Wildman–Crippen MR) is 160 cm³/mol. The summed E-state index contributed by atoms with van der Waals surface area (Å²) in [5.74, 6) is 0.849. The summed E-state index contributed by atoms with van der Waals surface area (Å²) in [6.07, 6.45) is 1.49. The van der Waals surface area contributed by atoms with Crippen LogP contribution in [0.2, 0.25) is 0 Å². The molecule has 1 aliphatic heterocycles. The molecule has 1 aliphatic rings. The van der Waals surface area contributed by atoms with Gasteiger partial charge in [-0.1, -0.05) is 47.7 Å². The van der Waals surface area contributed by atoms with E-state index in [1.807, 2.05) is 54.6 Å². The highest BCUT2D eigenvalue weighted by atomic mass is 32.1. The third-order valence-corrected chi connectivity index (χ3v) is 7.67. The zero-order chi connectivity index (χ0) is 29.8. The number of thiazole rings is 1. The number of esters is 1. The van der Waals surface area contributed by atoms with Crippen LogP contribution in [0.1, 0.15) is 49.1 Å². The van der Waals surface area contributed by atoms with Crippen molar-refractivity contribution >= 4 is 23.4 Å². The number of nitrogens with zero attached hydrogens (tertiary/aromatic N) is 3. The smallest absolute Gasteiger partial charge is 0.338 e. The fourth-order valence-corrected chi connectivity index (χ4v) is 5.66. The first kappa shape index (κ1) is 28.6. The van der Waals surface area contributed by atoms with E-state index in [-0.39, 0.29) is 11.7 Å². The molecule has 0 saturated heterocycles. The Hall–Kier alpha value is -4.94. The molecule has 0 spiro atoms. The molecule has 0 N–H and O–H groups in total. The summed E-state index contributed by atoms with van der Waals surface area (Å²) >= 11 is 1.27. The molecular weight excluding hydrogens is 550 g/mol. The van der Waals surface area contributed by atoms with Crippen molar-refractivity contribution in [3.63, 3.8) is 0 Å². The van der Waals surface area contributed by atoms with E-state index in [9.17, 15) is 9.59 Å². The summed E-state index contributed by atoms with van der Waals surface area (Å²) in [4.78, 5) is 32.2. The lowest BCUT2D eigenvalue weighted by Gasteiger charge is -2.25. The van der Waals surface area contributed by atoms with E-state index in [1.54, 1.807) is 56.7 Å². The Balaban J connectivity index is 1.47. The van der Waals surface area contributed by atoms with Crippen molar-refractivity contribution in [2.24, 2.45) is 4.99 Å². The molecule has 0 aliphatic carbocycles. The molecule has 1 aromatic heterocycles. The summed E-state index contributed by atoms with van der Waals surface area (Å²) in [7, 11) is 1.58. The van der Waals surface area contributed by atoms with Crippen molar-refractivity contribution < 1.29 is 19.0 Å². The van der Waals surface area contributed by atoms with Gasteiger partial charge < -0.3 is 14.2 Å². The fraction of sp³-hybridized carbons (Fsp3) is 0.212. The molecule has 0 fully saturated rings. The van der Waals surface area contributed by atoms with Gasteiger partial charge in [-0.15, -0.1) is 0 Å². The van der Waals surface area contributed by atoms with Gasteiger partial charge in [-0.3, -0.25) is 9.36 Å². The second kappa shape index (κ2) is 12.3. The van der Waals surface area contributed by atoms with Gasteiger partial charge in [0.25, 0.3) is 5.56 Å². The van der Waals surface area contributed by atoms with E-state index in [0.717, 1.165) is 16.7 Å². The van der Waals surface area contributed by atoms with Gasteiger partial charge in [0, 0.05) is 0 Å². The molecule has 0 saturated carbocycles. The number of carbonyl (C=O) groups excluding carboxylic acids is 1. The zero-order valence-electron chi connectivity index (χ0n) is 23.7. The lowest BCUT2D eigenvalue weighted by molar-refractivity contribution is -0.143. The van der Waals surface area contributed by atoms with Gasteiger partial charge in [-0.2, -0.15) is 5.26 Å². The van der Waals surface area contributed by atoms with Crippen LogP contribution in [0, 0.1) is 11.3 Å². The van der Waals surface area contributed by atoms with E-state index in [2.05, 4.69) is 11.1 Å². The normalized spacial score (nSPS) is 14.7. The molecule has 0 bridgehead atoms. The number of hydrogen-bond donors (Lipinski definition) is 0. The minimum Gasteiger partial charge on any atom is -0.497 e. The Morgan fingerprint density at radius 1 is 1.05 bits per heavy atom. The Morgan fingerprint density at radius 2 is 1.71 bits per heavy atom. The standard InChI is InChI=1S/C33H29N3O5S/c1-20(2)41-32(38)29-21(3)35-33-36(30(29)25-11-15-26(39-4)16-12-25)31(37)28(42-33)17-22-9-13-27(14-10-22)40-19-24-7-5-23(18-34)6-8-24/h5-17,20,30H,19H2,1-4H3/b28-17-/t30-/m0/s1. The maximum Gasteiger partial charge on any atom is 0.338 e. The van der Waals surface area contributed by atoms with E-state index >= 15 is 0 Å². The van der Waals surface area contributed by atoms with Crippen LogP contribution in [0.15, 0.2) is 93.9 Å². The van der Waals surface area contributed by atoms with Gasteiger partial charge in [-0.05, 0) is 79.9 Å². The van der Waals surface area contributed by atoms with Crippen LogP contribution < -0.4 is 24.4 Å². The molecule has 212 valence electrons. The highest BCUT2D eigenvalue weighted by Crippen LogP contribution is 2.32. The average Bonchev–Trinajstić information content (AvgIpc) is 3.29. The number of ether oxygens (including phenoxy) is 3. The number of nitriles is 1. The van der Waals surface area contributed by atoms with E-state index < -0.39 is 12.0 Å². The minimum absolute atomic E-state index is 0.247. The third kappa shape index (κ3) is 6.04. The summed E-state index contributed by atoms with van der Waals surface area (Å²) in [5, 5.41) is 8.95. The van der Waals surface area contributed by atoms with E-state index in [0.29, 0.717) is 44.3 Å². The number of carbonyl (C=O) groups is 1. The van der Waals surface area contributed by atoms with Crippen molar-refractivity contribution in [3.8, 4) is 17.6 Å². The Labute approximate surface area is 247 Å². The van der Waals surface area contributed by atoms with Crippen LogP contribution in [0.4, 0.5) is 0 Å². The van der Waals surface area contributed by atoms with E-state index in [4.69, 9.17) is 19.5 Å². The molecule has 42 heavy (non-hydrogen) atoms. The second-order valence-electron chi connectivity index (χ2n) is 9.98. The van der Waals surface area contributed by atoms with Gasteiger partial charge in [0.1, 0.15) is 18.1 Å². The van der Waals surface area contributed by atoms with Crippen molar-refractivity contribution in [3.05, 3.63) is 126 Å². The lowest BCUT2D eigenvalue weighted by atomic mass is 9.96. The van der Waals surface area contributed by atoms with Crippen molar-refractivity contribution in [1.29, 1.82) is 5.26 Å².